The minimum absolute atomic E-state index is 0.00194. The van der Waals surface area contributed by atoms with Crippen LogP contribution in [0.1, 0.15) is 52.4 Å². The molecule has 2 rings (SSSR count). The smallest absolute Gasteiger partial charge is 0.225 e. The predicted octanol–water partition coefficient (Wildman–Crippen LogP) is 1.85. The van der Waals surface area contributed by atoms with E-state index in [1.165, 1.54) is 32.1 Å². The second kappa shape index (κ2) is 5.93. The van der Waals surface area contributed by atoms with Gasteiger partial charge < -0.3 is 10.6 Å². The van der Waals surface area contributed by atoms with E-state index in [0.717, 1.165) is 6.54 Å². The first kappa shape index (κ1) is 14.4. The van der Waals surface area contributed by atoms with Crippen LogP contribution in [0.15, 0.2) is 0 Å². The summed E-state index contributed by atoms with van der Waals surface area (Å²) >= 11 is 0. The summed E-state index contributed by atoms with van der Waals surface area (Å²) in [4.78, 5) is 23.2. The molecule has 1 saturated heterocycles. The predicted molar refractivity (Wildman–Crippen MR) is 74.5 cm³/mol. The summed E-state index contributed by atoms with van der Waals surface area (Å²) in [7, 11) is 0. The van der Waals surface area contributed by atoms with Gasteiger partial charge in [-0.05, 0) is 30.6 Å². The van der Waals surface area contributed by atoms with Crippen LogP contribution in [0.2, 0.25) is 0 Å². The Morgan fingerprint density at radius 2 is 2.11 bits per heavy atom. The number of carbonyl (C=O) groups is 2. The molecule has 1 heterocycles. The lowest BCUT2D eigenvalue weighted by Gasteiger charge is -2.31. The Kier molecular flexibility index (Phi) is 4.48. The molecule has 1 aliphatic heterocycles. The Hall–Kier alpha value is -1.06. The van der Waals surface area contributed by atoms with Crippen molar-refractivity contribution in [3.63, 3.8) is 0 Å². The number of carbonyl (C=O) groups excluding carboxylic acids is 2. The van der Waals surface area contributed by atoms with Crippen LogP contribution in [-0.2, 0) is 9.59 Å². The number of nitrogens with one attached hydrogen (secondary N) is 2. The lowest BCUT2D eigenvalue weighted by molar-refractivity contribution is -0.127. The first-order valence-electron chi connectivity index (χ1n) is 7.55. The highest BCUT2D eigenvalue weighted by atomic mass is 16.2. The van der Waals surface area contributed by atoms with Crippen molar-refractivity contribution in [1.29, 1.82) is 0 Å². The molecular weight excluding hydrogens is 240 g/mol. The van der Waals surface area contributed by atoms with Crippen LogP contribution in [0, 0.1) is 17.3 Å². The van der Waals surface area contributed by atoms with E-state index in [-0.39, 0.29) is 17.7 Å². The van der Waals surface area contributed by atoms with E-state index >= 15 is 0 Å². The van der Waals surface area contributed by atoms with E-state index in [0.29, 0.717) is 24.3 Å². The largest absolute Gasteiger partial charge is 0.355 e. The second-order valence-corrected chi connectivity index (χ2v) is 6.73. The fraction of sp³-hybridized carbons (Fsp3) is 0.867. The summed E-state index contributed by atoms with van der Waals surface area (Å²) in [5.74, 6) is 0.557. The zero-order chi connectivity index (χ0) is 13.9. The molecule has 19 heavy (non-hydrogen) atoms. The molecule has 1 aliphatic carbocycles. The summed E-state index contributed by atoms with van der Waals surface area (Å²) < 4.78 is 0. The van der Waals surface area contributed by atoms with Crippen LogP contribution < -0.4 is 10.6 Å². The third kappa shape index (κ3) is 3.71. The maximum Gasteiger partial charge on any atom is 0.225 e. The van der Waals surface area contributed by atoms with Gasteiger partial charge in [-0.1, -0.05) is 26.7 Å². The number of hydrogen-bond donors (Lipinski definition) is 2. The van der Waals surface area contributed by atoms with E-state index in [1.807, 2.05) is 0 Å². The van der Waals surface area contributed by atoms with Crippen LogP contribution in [0.5, 0.6) is 0 Å². The van der Waals surface area contributed by atoms with Crippen molar-refractivity contribution in [3.8, 4) is 0 Å². The Balaban J connectivity index is 1.85. The molecule has 1 atom stereocenters. The van der Waals surface area contributed by atoms with Crippen LogP contribution >= 0.6 is 0 Å². The highest BCUT2D eigenvalue weighted by Crippen LogP contribution is 2.42. The van der Waals surface area contributed by atoms with Crippen LogP contribution in [-0.4, -0.2) is 24.9 Å². The topological polar surface area (TPSA) is 58.2 Å². The number of amides is 2. The van der Waals surface area contributed by atoms with Gasteiger partial charge in [0.15, 0.2) is 0 Å². The van der Waals surface area contributed by atoms with Gasteiger partial charge in [0, 0.05) is 19.5 Å². The maximum absolute atomic E-state index is 12.1. The molecule has 2 N–H and O–H groups in total. The molecule has 0 spiro atoms. The van der Waals surface area contributed by atoms with Crippen molar-refractivity contribution >= 4 is 11.8 Å². The molecule has 0 bridgehead atoms. The molecule has 2 aliphatic rings. The molecule has 0 aromatic heterocycles. The van der Waals surface area contributed by atoms with Gasteiger partial charge in [-0.25, -0.2) is 0 Å². The number of hydrogen-bond acceptors (Lipinski definition) is 2. The van der Waals surface area contributed by atoms with Crippen molar-refractivity contribution in [2.45, 2.75) is 52.4 Å². The van der Waals surface area contributed by atoms with E-state index in [2.05, 4.69) is 24.5 Å². The van der Waals surface area contributed by atoms with E-state index in [9.17, 15) is 9.59 Å². The fourth-order valence-electron chi connectivity index (χ4n) is 3.65. The van der Waals surface area contributed by atoms with Crippen LogP contribution in [0.25, 0.3) is 0 Å². The maximum atomic E-state index is 12.1. The van der Waals surface area contributed by atoms with Gasteiger partial charge in [-0.15, -0.1) is 0 Å². The monoisotopic (exact) mass is 266 g/mol. The van der Waals surface area contributed by atoms with Crippen LogP contribution in [0.4, 0.5) is 0 Å². The van der Waals surface area contributed by atoms with Crippen molar-refractivity contribution in [2.75, 3.05) is 13.1 Å². The summed E-state index contributed by atoms with van der Waals surface area (Å²) in [6.45, 7) is 5.79. The molecule has 1 saturated carbocycles. The summed E-state index contributed by atoms with van der Waals surface area (Å²) in [5, 5.41) is 5.82. The molecule has 0 radical (unpaired) electrons. The Bertz CT molecular complexity index is 346. The number of rotatable bonds is 5. The highest BCUT2D eigenvalue weighted by Gasteiger charge is 2.36. The van der Waals surface area contributed by atoms with Crippen molar-refractivity contribution in [2.24, 2.45) is 17.3 Å². The van der Waals surface area contributed by atoms with Gasteiger partial charge in [0.1, 0.15) is 0 Å². The summed E-state index contributed by atoms with van der Waals surface area (Å²) in [6, 6.07) is 0. The van der Waals surface area contributed by atoms with Gasteiger partial charge in [0.2, 0.25) is 11.8 Å². The van der Waals surface area contributed by atoms with Crippen molar-refractivity contribution in [1.82, 2.24) is 10.6 Å². The van der Waals surface area contributed by atoms with Crippen LogP contribution in [0.3, 0.4) is 0 Å². The standard InChI is InChI=1S/C15H26N2O2/c1-11(2)8-15(5-3-4-6-15)10-17-14(19)12-7-13(18)16-9-12/h11-12H,3-10H2,1-2H3,(H,16,18)(H,17,19). The quantitative estimate of drug-likeness (QED) is 0.798. The molecule has 0 aromatic carbocycles. The molecule has 2 amide bonds. The molecule has 0 aromatic rings. The molecule has 4 nitrogen and oxygen atoms in total. The first-order valence-corrected chi connectivity index (χ1v) is 7.55. The SMILES string of the molecule is CC(C)CC1(CNC(=O)C2CNC(=O)C2)CCCC1. The lowest BCUT2D eigenvalue weighted by atomic mass is 9.78. The minimum Gasteiger partial charge on any atom is -0.355 e. The zero-order valence-electron chi connectivity index (χ0n) is 12.1. The van der Waals surface area contributed by atoms with E-state index in [1.54, 1.807) is 0 Å². The van der Waals surface area contributed by atoms with E-state index in [4.69, 9.17) is 0 Å². The van der Waals surface area contributed by atoms with Gasteiger partial charge >= 0.3 is 0 Å². The highest BCUT2D eigenvalue weighted by molar-refractivity contribution is 5.89. The Morgan fingerprint density at radius 3 is 2.63 bits per heavy atom. The average Bonchev–Trinajstić information content (AvgIpc) is 2.95. The fourth-order valence-corrected chi connectivity index (χ4v) is 3.65. The molecule has 2 fully saturated rings. The van der Waals surface area contributed by atoms with Gasteiger partial charge in [0.25, 0.3) is 0 Å². The van der Waals surface area contributed by atoms with Gasteiger partial charge in [-0.3, -0.25) is 9.59 Å². The molecule has 108 valence electrons. The molecular formula is C15H26N2O2. The third-order valence-electron chi connectivity index (χ3n) is 4.49. The average molecular weight is 266 g/mol. The molecule has 1 unspecified atom stereocenters. The summed E-state index contributed by atoms with van der Waals surface area (Å²) in [5.41, 5.74) is 0.305. The normalized spacial score (nSPS) is 25.6. The zero-order valence-corrected chi connectivity index (χ0v) is 12.1. The van der Waals surface area contributed by atoms with Crippen molar-refractivity contribution in [3.05, 3.63) is 0 Å². The Morgan fingerprint density at radius 1 is 1.42 bits per heavy atom. The molecule has 4 heteroatoms. The van der Waals surface area contributed by atoms with Gasteiger partial charge in [-0.2, -0.15) is 0 Å². The van der Waals surface area contributed by atoms with E-state index < -0.39 is 0 Å². The lowest BCUT2D eigenvalue weighted by Crippen LogP contribution is -2.40. The summed E-state index contributed by atoms with van der Waals surface area (Å²) in [6.07, 6.45) is 6.57. The second-order valence-electron chi connectivity index (χ2n) is 6.73. The Labute approximate surface area is 115 Å². The van der Waals surface area contributed by atoms with Gasteiger partial charge in [0.05, 0.1) is 5.92 Å². The third-order valence-corrected chi connectivity index (χ3v) is 4.49. The minimum atomic E-state index is -0.162. The first-order chi connectivity index (χ1) is 9.01. The van der Waals surface area contributed by atoms with Crippen molar-refractivity contribution < 1.29 is 9.59 Å².